The Kier molecular flexibility index (Phi) is 8.19. The molecule has 0 aliphatic carbocycles. The van der Waals surface area contributed by atoms with Gasteiger partial charge in [0.1, 0.15) is 0 Å². The first-order valence-corrected chi connectivity index (χ1v) is 7.68. The molecule has 0 aromatic carbocycles. The third kappa shape index (κ3) is 6.55. The van der Waals surface area contributed by atoms with Gasteiger partial charge in [0.25, 0.3) is 0 Å². The molecule has 0 aromatic heterocycles. The first kappa shape index (κ1) is 15.9. The fourth-order valence-electron chi connectivity index (χ4n) is 2.23. The van der Waals surface area contributed by atoms with Crippen LogP contribution in [0.2, 0.25) is 0 Å². The van der Waals surface area contributed by atoms with Gasteiger partial charge in [0, 0.05) is 0 Å². The number of carbonyl (C=O) groups is 2. The van der Waals surface area contributed by atoms with Crippen LogP contribution >= 0.6 is 0 Å². The number of hydrogen-bond donors (Lipinski definition) is 0. The zero-order valence-electron chi connectivity index (χ0n) is 12.0. The van der Waals surface area contributed by atoms with Gasteiger partial charge in [-0.15, -0.1) is 0 Å². The molecule has 19 heavy (non-hydrogen) atoms. The Hall–Kier alpha value is -1.12. The number of esters is 2. The number of unbranched alkanes of at least 4 members (excludes halogenated alkanes) is 9. The minimum absolute atomic E-state index is 0.409. The molecule has 0 aromatic rings. The molecule has 0 N–H and O–H groups in total. The van der Waals surface area contributed by atoms with Crippen LogP contribution in [0.5, 0.6) is 0 Å². The summed E-state index contributed by atoms with van der Waals surface area (Å²) in [5.41, 5.74) is 0. The van der Waals surface area contributed by atoms with Gasteiger partial charge >= 0.3 is 11.9 Å². The minimum Gasteiger partial charge on any atom is -0.391 e. The maximum Gasteiger partial charge on any atom is 0.331 e. The molecule has 1 fully saturated rings. The highest BCUT2D eigenvalue weighted by atomic mass is 16.6. The van der Waals surface area contributed by atoms with Gasteiger partial charge in [-0.1, -0.05) is 70.4 Å². The van der Waals surface area contributed by atoms with Crippen LogP contribution in [0.15, 0.2) is 12.2 Å². The Morgan fingerprint density at radius 2 is 1.42 bits per heavy atom. The SMILES string of the molecule is CCCCCCCCCCC/C=C/C1C(=O)OC1=O. The summed E-state index contributed by atoms with van der Waals surface area (Å²) in [5, 5.41) is 0. The van der Waals surface area contributed by atoms with Gasteiger partial charge in [0.05, 0.1) is 0 Å². The van der Waals surface area contributed by atoms with E-state index in [1.54, 1.807) is 6.08 Å². The molecule has 3 nitrogen and oxygen atoms in total. The number of rotatable bonds is 11. The molecule has 1 rings (SSSR count). The molecule has 0 radical (unpaired) electrons. The topological polar surface area (TPSA) is 43.4 Å². The van der Waals surface area contributed by atoms with E-state index in [2.05, 4.69) is 11.7 Å². The molecular formula is C16H26O3. The largest absolute Gasteiger partial charge is 0.391 e. The van der Waals surface area contributed by atoms with E-state index < -0.39 is 17.9 Å². The Balaban J connectivity index is 1.85. The zero-order valence-corrected chi connectivity index (χ0v) is 12.0. The maximum absolute atomic E-state index is 10.9. The van der Waals surface area contributed by atoms with E-state index in [9.17, 15) is 9.59 Å². The smallest absolute Gasteiger partial charge is 0.331 e. The molecule has 108 valence electrons. The van der Waals surface area contributed by atoms with Crippen molar-refractivity contribution in [2.75, 3.05) is 0 Å². The summed E-state index contributed by atoms with van der Waals surface area (Å²) in [6, 6.07) is 0. The molecule has 1 aliphatic rings. The molecule has 0 atom stereocenters. The van der Waals surface area contributed by atoms with Crippen molar-refractivity contribution in [3.8, 4) is 0 Å². The highest BCUT2D eigenvalue weighted by Gasteiger charge is 2.39. The monoisotopic (exact) mass is 266 g/mol. The Morgan fingerprint density at radius 3 is 1.95 bits per heavy atom. The summed E-state index contributed by atoms with van der Waals surface area (Å²) in [5.74, 6) is -1.43. The summed E-state index contributed by atoms with van der Waals surface area (Å²) in [4.78, 5) is 21.7. The summed E-state index contributed by atoms with van der Waals surface area (Å²) >= 11 is 0. The van der Waals surface area contributed by atoms with Crippen molar-refractivity contribution in [2.45, 2.75) is 71.1 Å². The number of hydrogen-bond acceptors (Lipinski definition) is 3. The molecule has 0 bridgehead atoms. The van der Waals surface area contributed by atoms with Crippen molar-refractivity contribution >= 4 is 11.9 Å². The predicted octanol–water partition coefficient (Wildman–Crippen LogP) is 4.16. The standard InChI is InChI=1S/C16H26O3/c1-2-3-4-5-6-7-8-9-10-11-12-13-14-15(17)19-16(14)18/h12-14H,2-11H2,1H3/b13-12+. The van der Waals surface area contributed by atoms with Crippen LogP contribution < -0.4 is 0 Å². The highest BCUT2D eigenvalue weighted by molar-refractivity contribution is 6.11. The molecule has 0 unspecified atom stereocenters. The number of allylic oxidation sites excluding steroid dienone is 1. The average Bonchev–Trinajstić information content (AvgIpc) is 2.40. The Morgan fingerprint density at radius 1 is 0.895 bits per heavy atom. The van der Waals surface area contributed by atoms with E-state index in [4.69, 9.17) is 0 Å². The van der Waals surface area contributed by atoms with Crippen LogP contribution in [0.3, 0.4) is 0 Å². The molecule has 0 saturated carbocycles. The summed E-state index contributed by atoms with van der Waals surface area (Å²) in [6.45, 7) is 2.24. The first-order valence-electron chi connectivity index (χ1n) is 7.68. The third-order valence-electron chi connectivity index (χ3n) is 3.51. The van der Waals surface area contributed by atoms with E-state index in [0.717, 1.165) is 12.8 Å². The van der Waals surface area contributed by atoms with Crippen LogP contribution in [-0.4, -0.2) is 11.9 Å². The van der Waals surface area contributed by atoms with Gasteiger partial charge in [-0.2, -0.15) is 0 Å². The number of ether oxygens (including phenoxy) is 1. The first-order chi connectivity index (χ1) is 9.25. The van der Waals surface area contributed by atoms with Gasteiger partial charge in [0.2, 0.25) is 0 Å². The predicted molar refractivity (Wildman–Crippen MR) is 75.6 cm³/mol. The molecule has 0 spiro atoms. The summed E-state index contributed by atoms with van der Waals surface area (Å²) in [6.07, 6.45) is 16.4. The molecular weight excluding hydrogens is 240 g/mol. The van der Waals surface area contributed by atoms with Crippen LogP contribution in [-0.2, 0) is 14.3 Å². The van der Waals surface area contributed by atoms with E-state index >= 15 is 0 Å². The fourth-order valence-corrected chi connectivity index (χ4v) is 2.23. The van der Waals surface area contributed by atoms with E-state index in [1.165, 1.54) is 51.4 Å². The van der Waals surface area contributed by atoms with E-state index in [-0.39, 0.29) is 0 Å². The lowest BCUT2D eigenvalue weighted by molar-refractivity contribution is -0.180. The van der Waals surface area contributed by atoms with Crippen molar-refractivity contribution in [1.29, 1.82) is 0 Å². The van der Waals surface area contributed by atoms with Crippen LogP contribution in [0, 0.1) is 5.92 Å². The zero-order chi connectivity index (χ0) is 13.9. The fraction of sp³-hybridized carbons (Fsp3) is 0.750. The highest BCUT2D eigenvalue weighted by Crippen LogP contribution is 2.17. The van der Waals surface area contributed by atoms with Gasteiger partial charge in [-0.25, -0.2) is 0 Å². The van der Waals surface area contributed by atoms with Crippen molar-refractivity contribution in [3.05, 3.63) is 12.2 Å². The second kappa shape index (κ2) is 9.76. The van der Waals surface area contributed by atoms with Gasteiger partial charge in [-0.05, 0) is 12.8 Å². The van der Waals surface area contributed by atoms with Crippen molar-refractivity contribution in [1.82, 2.24) is 0 Å². The third-order valence-corrected chi connectivity index (χ3v) is 3.51. The molecule has 1 heterocycles. The van der Waals surface area contributed by atoms with Crippen LogP contribution in [0.25, 0.3) is 0 Å². The van der Waals surface area contributed by atoms with Crippen LogP contribution in [0.1, 0.15) is 71.1 Å². The lowest BCUT2D eigenvalue weighted by atomic mass is 10.0. The lowest BCUT2D eigenvalue weighted by Crippen LogP contribution is -2.39. The second-order valence-corrected chi connectivity index (χ2v) is 5.26. The average molecular weight is 266 g/mol. The second-order valence-electron chi connectivity index (χ2n) is 5.26. The molecule has 3 heteroatoms. The lowest BCUT2D eigenvalue weighted by Gasteiger charge is -2.17. The van der Waals surface area contributed by atoms with Crippen molar-refractivity contribution in [3.63, 3.8) is 0 Å². The van der Waals surface area contributed by atoms with E-state index in [0.29, 0.717) is 0 Å². The maximum atomic E-state index is 10.9. The summed E-state index contributed by atoms with van der Waals surface area (Å²) in [7, 11) is 0. The molecule has 1 aliphatic heterocycles. The van der Waals surface area contributed by atoms with Crippen molar-refractivity contribution in [2.24, 2.45) is 5.92 Å². The van der Waals surface area contributed by atoms with Crippen LogP contribution in [0.4, 0.5) is 0 Å². The van der Waals surface area contributed by atoms with Gasteiger partial charge in [-0.3, -0.25) is 9.59 Å². The van der Waals surface area contributed by atoms with Gasteiger partial charge < -0.3 is 4.74 Å². The summed E-state index contributed by atoms with van der Waals surface area (Å²) < 4.78 is 4.27. The van der Waals surface area contributed by atoms with Crippen molar-refractivity contribution < 1.29 is 14.3 Å². The minimum atomic E-state index is -0.612. The normalized spacial score (nSPS) is 15.8. The van der Waals surface area contributed by atoms with Gasteiger partial charge in [0.15, 0.2) is 5.92 Å². The molecule has 1 saturated heterocycles. The Bertz CT molecular complexity index is 293. The number of carbonyl (C=O) groups excluding carboxylic acids is 2. The quantitative estimate of drug-likeness (QED) is 0.244. The Labute approximate surface area is 116 Å². The van der Waals surface area contributed by atoms with E-state index in [1.807, 2.05) is 6.08 Å². The molecule has 0 amide bonds. The number of cyclic esters (lactones) is 2.